The van der Waals surface area contributed by atoms with E-state index < -0.39 is 12.3 Å². The zero-order chi connectivity index (χ0) is 15.0. The molecule has 0 aromatic heterocycles. The van der Waals surface area contributed by atoms with Crippen LogP contribution in [-0.2, 0) is 4.79 Å². The summed E-state index contributed by atoms with van der Waals surface area (Å²) in [6.07, 6.45) is -0.730. The zero-order valence-corrected chi connectivity index (χ0v) is 11.1. The molecule has 1 aliphatic heterocycles. The van der Waals surface area contributed by atoms with Crippen LogP contribution in [0.3, 0.4) is 0 Å². The number of rotatable bonds is 3. The quantitative estimate of drug-likeness (QED) is 0.898. The summed E-state index contributed by atoms with van der Waals surface area (Å²) in [4.78, 5) is 11.0. The van der Waals surface area contributed by atoms with Crippen LogP contribution in [0.2, 0.25) is 0 Å². The van der Waals surface area contributed by atoms with E-state index >= 15 is 0 Å². The third kappa shape index (κ3) is 3.01. The first-order valence-corrected chi connectivity index (χ1v) is 6.82. The number of carbonyl (C=O) groups is 1. The topological polar surface area (TPSA) is 67.8 Å². The van der Waals surface area contributed by atoms with Crippen LogP contribution >= 0.6 is 0 Å². The fourth-order valence-electron chi connectivity index (χ4n) is 2.82. The minimum atomic E-state index is -3.62. The summed E-state index contributed by atoms with van der Waals surface area (Å²) in [5.41, 5.74) is 0.617. The molecule has 0 radical (unpaired) electrons. The monoisotopic (exact) mass is 299 g/mol. The van der Waals surface area contributed by atoms with Crippen LogP contribution in [0.5, 0.6) is 11.5 Å². The fraction of sp³-hybridized carbons (Fsp3) is 0.500. The maximum atomic E-state index is 12.9. The Bertz CT molecular complexity index is 564. The molecule has 2 atom stereocenters. The highest BCUT2D eigenvalue weighted by molar-refractivity contribution is 5.70. The van der Waals surface area contributed by atoms with Gasteiger partial charge in [0.1, 0.15) is 0 Å². The van der Waals surface area contributed by atoms with Crippen molar-refractivity contribution >= 4 is 11.7 Å². The van der Waals surface area contributed by atoms with Crippen LogP contribution in [0, 0.1) is 5.92 Å². The van der Waals surface area contributed by atoms with E-state index in [1.807, 2.05) is 0 Å². The standard InChI is InChI=1S/C14H15F2NO4/c15-14(16)20-11-5-4-10(7-12(11)21-14)17-9-3-1-2-8(6-9)13(18)19/h4-5,7-9,17H,1-3,6H2,(H,18,19). The Morgan fingerprint density at radius 1 is 1.29 bits per heavy atom. The van der Waals surface area contributed by atoms with Crippen molar-refractivity contribution in [3.8, 4) is 11.5 Å². The molecule has 0 spiro atoms. The highest BCUT2D eigenvalue weighted by atomic mass is 19.3. The van der Waals surface area contributed by atoms with Crippen LogP contribution in [0.4, 0.5) is 14.5 Å². The van der Waals surface area contributed by atoms with Gasteiger partial charge in [0.15, 0.2) is 11.5 Å². The van der Waals surface area contributed by atoms with Gasteiger partial charge < -0.3 is 19.9 Å². The maximum Gasteiger partial charge on any atom is 0.586 e. The highest BCUT2D eigenvalue weighted by Gasteiger charge is 2.43. The first-order chi connectivity index (χ1) is 9.93. The summed E-state index contributed by atoms with van der Waals surface area (Å²) in [5, 5.41) is 12.2. The average molecular weight is 299 g/mol. The number of benzene rings is 1. The Labute approximate surface area is 119 Å². The van der Waals surface area contributed by atoms with Crippen LogP contribution < -0.4 is 14.8 Å². The molecule has 1 aliphatic carbocycles. The molecule has 1 aromatic carbocycles. The number of alkyl halides is 2. The Morgan fingerprint density at radius 3 is 2.81 bits per heavy atom. The van der Waals surface area contributed by atoms with Gasteiger partial charge in [-0.3, -0.25) is 4.79 Å². The van der Waals surface area contributed by atoms with Gasteiger partial charge in [0.25, 0.3) is 0 Å². The van der Waals surface area contributed by atoms with E-state index in [0.29, 0.717) is 18.5 Å². The molecule has 0 saturated heterocycles. The first kappa shape index (κ1) is 13.9. The Morgan fingerprint density at radius 2 is 2.05 bits per heavy atom. The molecular weight excluding hydrogens is 284 g/mol. The molecule has 1 heterocycles. The number of nitrogens with one attached hydrogen (secondary N) is 1. The molecule has 1 fully saturated rings. The van der Waals surface area contributed by atoms with Gasteiger partial charge in [-0.05, 0) is 31.4 Å². The summed E-state index contributed by atoms with van der Waals surface area (Å²) in [7, 11) is 0. The van der Waals surface area contributed by atoms with Crippen molar-refractivity contribution < 1.29 is 28.2 Å². The number of hydrogen-bond acceptors (Lipinski definition) is 4. The number of carboxylic acid groups (broad SMARTS) is 1. The van der Waals surface area contributed by atoms with Gasteiger partial charge in [-0.1, -0.05) is 6.42 Å². The highest BCUT2D eigenvalue weighted by Crippen LogP contribution is 2.42. The lowest BCUT2D eigenvalue weighted by Crippen LogP contribution is -2.30. The van der Waals surface area contributed by atoms with Gasteiger partial charge in [-0.25, -0.2) is 0 Å². The van der Waals surface area contributed by atoms with E-state index in [1.165, 1.54) is 12.1 Å². The van der Waals surface area contributed by atoms with E-state index in [2.05, 4.69) is 14.8 Å². The zero-order valence-electron chi connectivity index (χ0n) is 11.1. The number of hydrogen-bond donors (Lipinski definition) is 2. The average Bonchev–Trinajstić information content (AvgIpc) is 2.72. The number of ether oxygens (including phenoxy) is 2. The molecule has 3 rings (SSSR count). The molecule has 1 aromatic rings. The second-order valence-corrected chi connectivity index (χ2v) is 5.37. The Kier molecular flexibility index (Phi) is 3.35. The van der Waals surface area contributed by atoms with Gasteiger partial charge >= 0.3 is 12.3 Å². The van der Waals surface area contributed by atoms with Crippen molar-refractivity contribution in [2.45, 2.75) is 38.0 Å². The molecule has 2 N–H and O–H groups in total. The maximum absolute atomic E-state index is 12.9. The number of anilines is 1. The molecule has 21 heavy (non-hydrogen) atoms. The van der Waals surface area contributed by atoms with Crippen molar-refractivity contribution in [3.63, 3.8) is 0 Å². The summed E-state index contributed by atoms with van der Waals surface area (Å²) >= 11 is 0. The van der Waals surface area contributed by atoms with Crippen molar-refractivity contribution in [1.29, 1.82) is 0 Å². The summed E-state index contributed by atoms with van der Waals surface area (Å²) < 4.78 is 34.6. The summed E-state index contributed by atoms with van der Waals surface area (Å²) in [6, 6.07) is 4.49. The third-order valence-corrected chi connectivity index (χ3v) is 3.80. The number of fused-ring (bicyclic) bond motifs is 1. The number of carboxylic acids is 1. The second-order valence-electron chi connectivity index (χ2n) is 5.37. The lowest BCUT2D eigenvalue weighted by Gasteiger charge is -2.28. The Balaban J connectivity index is 1.68. The summed E-state index contributed by atoms with van der Waals surface area (Å²) in [5.74, 6) is -1.16. The molecule has 1 saturated carbocycles. The van der Waals surface area contributed by atoms with E-state index in [-0.39, 0.29) is 23.5 Å². The predicted molar refractivity (Wildman–Crippen MR) is 69.6 cm³/mol. The van der Waals surface area contributed by atoms with Crippen LogP contribution in [0.25, 0.3) is 0 Å². The number of halogens is 2. The van der Waals surface area contributed by atoms with Gasteiger partial charge in [0.05, 0.1) is 5.92 Å². The lowest BCUT2D eigenvalue weighted by molar-refractivity contribution is -0.286. The molecule has 0 bridgehead atoms. The van der Waals surface area contributed by atoms with Crippen molar-refractivity contribution in [2.24, 2.45) is 5.92 Å². The molecular formula is C14H15F2NO4. The summed E-state index contributed by atoms with van der Waals surface area (Å²) in [6.45, 7) is 0. The van der Waals surface area contributed by atoms with Crippen LogP contribution in [-0.4, -0.2) is 23.4 Å². The van der Waals surface area contributed by atoms with Gasteiger partial charge in [-0.2, -0.15) is 0 Å². The fourth-order valence-corrected chi connectivity index (χ4v) is 2.82. The van der Waals surface area contributed by atoms with E-state index in [0.717, 1.165) is 12.8 Å². The normalized spacial score (nSPS) is 26.4. The largest absolute Gasteiger partial charge is 0.586 e. The predicted octanol–water partition coefficient (Wildman–Crippen LogP) is 3.06. The van der Waals surface area contributed by atoms with E-state index in [9.17, 15) is 13.6 Å². The Hall–Kier alpha value is -2.05. The molecule has 2 unspecified atom stereocenters. The van der Waals surface area contributed by atoms with Gasteiger partial charge in [-0.15, -0.1) is 8.78 Å². The second kappa shape index (κ2) is 5.05. The smallest absolute Gasteiger partial charge is 0.481 e. The van der Waals surface area contributed by atoms with Crippen molar-refractivity contribution in [1.82, 2.24) is 0 Å². The molecule has 114 valence electrons. The van der Waals surface area contributed by atoms with Crippen molar-refractivity contribution in [3.05, 3.63) is 18.2 Å². The van der Waals surface area contributed by atoms with E-state index in [4.69, 9.17) is 5.11 Å². The van der Waals surface area contributed by atoms with Crippen LogP contribution in [0.1, 0.15) is 25.7 Å². The van der Waals surface area contributed by atoms with Crippen molar-refractivity contribution in [2.75, 3.05) is 5.32 Å². The van der Waals surface area contributed by atoms with Gasteiger partial charge in [0, 0.05) is 17.8 Å². The molecule has 7 heteroatoms. The van der Waals surface area contributed by atoms with Gasteiger partial charge in [0.2, 0.25) is 0 Å². The minimum Gasteiger partial charge on any atom is -0.481 e. The minimum absolute atomic E-state index is 0.00222. The number of aliphatic carboxylic acids is 1. The van der Waals surface area contributed by atoms with E-state index in [1.54, 1.807) is 6.07 Å². The lowest BCUT2D eigenvalue weighted by atomic mass is 9.85. The molecule has 5 nitrogen and oxygen atoms in total. The molecule has 0 amide bonds. The van der Waals surface area contributed by atoms with Crippen LogP contribution in [0.15, 0.2) is 18.2 Å². The SMILES string of the molecule is O=C(O)C1CCCC(Nc2ccc3c(c2)OC(F)(F)O3)C1. The first-order valence-electron chi connectivity index (χ1n) is 6.82. The molecule has 2 aliphatic rings. The third-order valence-electron chi connectivity index (χ3n) is 3.80.